The third kappa shape index (κ3) is 2.67. The maximum Gasteiger partial charge on any atom is 0.242 e. The fourth-order valence-electron chi connectivity index (χ4n) is 2.11. The molecule has 1 fully saturated rings. The molecule has 5 heteroatoms. The van der Waals surface area contributed by atoms with Gasteiger partial charge in [0.1, 0.15) is 0 Å². The van der Waals surface area contributed by atoms with E-state index >= 15 is 0 Å². The maximum atomic E-state index is 12.3. The van der Waals surface area contributed by atoms with Gasteiger partial charge in [-0.15, -0.1) is 0 Å². The number of nitrogens with zero attached hydrogens (tertiary/aromatic N) is 1. The molecular weight excluding hydrogens is 248 g/mol. The van der Waals surface area contributed by atoms with Crippen LogP contribution in [-0.2, 0) is 10.0 Å². The molecule has 0 unspecified atom stereocenters. The van der Waals surface area contributed by atoms with Gasteiger partial charge in [0.2, 0.25) is 10.0 Å². The first-order chi connectivity index (χ1) is 8.54. The number of rotatable bonds is 5. The van der Waals surface area contributed by atoms with Crippen molar-refractivity contribution in [2.45, 2.75) is 24.2 Å². The van der Waals surface area contributed by atoms with Gasteiger partial charge < -0.3 is 5.32 Å². The van der Waals surface area contributed by atoms with E-state index in [9.17, 15) is 8.42 Å². The van der Waals surface area contributed by atoms with E-state index in [4.69, 9.17) is 0 Å². The first kappa shape index (κ1) is 13.4. The van der Waals surface area contributed by atoms with Gasteiger partial charge in [-0.1, -0.05) is 6.42 Å². The summed E-state index contributed by atoms with van der Waals surface area (Å²) < 4.78 is 26.1. The van der Waals surface area contributed by atoms with E-state index in [0.29, 0.717) is 17.4 Å². The summed E-state index contributed by atoms with van der Waals surface area (Å²) in [7, 11) is 0.148. The van der Waals surface area contributed by atoms with E-state index in [-0.39, 0.29) is 0 Å². The molecule has 0 aliphatic heterocycles. The number of benzene rings is 1. The minimum Gasteiger partial charge on any atom is -0.388 e. The summed E-state index contributed by atoms with van der Waals surface area (Å²) in [4.78, 5) is 0.364. The average molecular weight is 268 g/mol. The minimum absolute atomic E-state index is 0.364. The highest BCUT2D eigenvalue weighted by molar-refractivity contribution is 7.89. The molecule has 1 aliphatic carbocycles. The Morgan fingerprint density at radius 3 is 2.33 bits per heavy atom. The molecular formula is C13H20N2O2S. The van der Waals surface area contributed by atoms with Gasteiger partial charge >= 0.3 is 0 Å². The molecule has 4 nitrogen and oxygen atoms in total. The molecule has 100 valence electrons. The normalized spacial score (nSPS) is 16.6. The van der Waals surface area contributed by atoms with Crippen LogP contribution in [0.25, 0.3) is 0 Å². The van der Waals surface area contributed by atoms with Crippen molar-refractivity contribution in [3.05, 3.63) is 24.3 Å². The summed E-state index contributed by atoms with van der Waals surface area (Å²) in [5, 5.41) is 2.98. The zero-order valence-electron chi connectivity index (χ0n) is 10.9. The highest BCUT2D eigenvalue weighted by Crippen LogP contribution is 2.28. The van der Waals surface area contributed by atoms with Crippen LogP contribution < -0.4 is 5.32 Å². The van der Waals surface area contributed by atoms with E-state index in [2.05, 4.69) is 5.32 Å². The van der Waals surface area contributed by atoms with Crippen molar-refractivity contribution in [1.82, 2.24) is 4.31 Å². The van der Waals surface area contributed by atoms with E-state index in [0.717, 1.165) is 18.5 Å². The van der Waals surface area contributed by atoms with Gasteiger partial charge in [0.05, 0.1) is 4.90 Å². The molecule has 1 aliphatic rings. The minimum atomic E-state index is -3.33. The predicted molar refractivity (Wildman–Crippen MR) is 73.1 cm³/mol. The van der Waals surface area contributed by atoms with Crippen LogP contribution in [0.1, 0.15) is 19.3 Å². The van der Waals surface area contributed by atoms with Crippen molar-refractivity contribution >= 4 is 15.7 Å². The van der Waals surface area contributed by atoms with E-state index < -0.39 is 10.0 Å². The molecule has 0 atom stereocenters. The Kier molecular flexibility index (Phi) is 3.92. The van der Waals surface area contributed by atoms with Gasteiger partial charge in [-0.25, -0.2) is 12.7 Å². The first-order valence-electron chi connectivity index (χ1n) is 6.28. The number of hydrogen-bond acceptors (Lipinski definition) is 3. The molecule has 0 radical (unpaired) electrons. The Balaban J connectivity index is 2.12. The molecule has 1 aromatic carbocycles. The Bertz CT molecular complexity index is 492. The van der Waals surface area contributed by atoms with Crippen molar-refractivity contribution in [2.24, 2.45) is 5.92 Å². The van der Waals surface area contributed by atoms with E-state index in [1.54, 1.807) is 31.3 Å². The van der Waals surface area contributed by atoms with Gasteiger partial charge in [0.15, 0.2) is 0 Å². The largest absolute Gasteiger partial charge is 0.388 e. The Morgan fingerprint density at radius 2 is 1.89 bits per heavy atom. The number of anilines is 1. The molecule has 1 N–H and O–H groups in total. The molecule has 0 saturated heterocycles. The second-order valence-corrected chi connectivity index (χ2v) is 6.90. The fraction of sp³-hybridized carbons (Fsp3) is 0.538. The zero-order valence-corrected chi connectivity index (χ0v) is 11.7. The number of sulfonamides is 1. The highest BCUT2D eigenvalue weighted by Gasteiger charge is 2.26. The molecule has 2 rings (SSSR count). The van der Waals surface area contributed by atoms with E-state index in [1.165, 1.54) is 10.7 Å². The predicted octanol–water partition coefficient (Wildman–Crippen LogP) is 2.15. The zero-order chi connectivity index (χ0) is 13.2. The smallest absolute Gasteiger partial charge is 0.242 e. The Labute approximate surface area is 109 Å². The topological polar surface area (TPSA) is 49.4 Å². The van der Waals surface area contributed by atoms with Crippen molar-refractivity contribution in [2.75, 3.05) is 26.0 Å². The number of hydrogen-bond donors (Lipinski definition) is 1. The SMILES string of the molecule is CNc1ccc(S(=O)(=O)N(C)CC2CCC2)cc1. The standard InChI is InChI=1S/C13H20N2O2S/c1-14-12-6-8-13(9-7-12)18(16,17)15(2)10-11-4-3-5-11/h6-9,11,14H,3-5,10H2,1-2H3. The molecule has 0 bridgehead atoms. The summed E-state index contributed by atoms with van der Waals surface area (Å²) in [6.07, 6.45) is 3.53. The van der Waals surface area contributed by atoms with Crippen LogP contribution >= 0.6 is 0 Å². The van der Waals surface area contributed by atoms with Gasteiger partial charge in [0, 0.05) is 26.3 Å². The summed E-state index contributed by atoms with van der Waals surface area (Å²) in [5.41, 5.74) is 0.913. The van der Waals surface area contributed by atoms with Crippen molar-refractivity contribution in [3.8, 4) is 0 Å². The summed E-state index contributed by atoms with van der Waals surface area (Å²) in [5.74, 6) is 0.543. The van der Waals surface area contributed by atoms with Gasteiger partial charge in [-0.3, -0.25) is 0 Å². The molecule has 0 amide bonds. The second-order valence-electron chi connectivity index (χ2n) is 4.86. The van der Waals surface area contributed by atoms with Crippen LogP contribution in [-0.4, -0.2) is 33.4 Å². The number of nitrogens with one attached hydrogen (secondary N) is 1. The quantitative estimate of drug-likeness (QED) is 0.890. The summed E-state index contributed by atoms with van der Waals surface area (Å²) in [6.45, 7) is 0.635. The lowest BCUT2D eigenvalue weighted by atomic mass is 9.86. The van der Waals surface area contributed by atoms with E-state index in [1.807, 2.05) is 7.05 Å². The summed E-state index contributed by atoms with van der Waals surface area (Å²) in [6, 6.07) is 6.87. The third-order valence-electron chi connectivity index (χ3n) is 3.59. The summed E-state index contributed by atoms with van der Waals surface area (Å²) >= 11 is 0. The van der Waals surface area contributed by atoms with Crippen LogP contribution in [0.2, 0.25) is 0 Å². The molecule has 1 aromatic rings. The Hall–Kier alpha value is -1.07. The molecule has 0 aromatic heterocycles. The molecule has 0 heterocycles. The van der Waals surface area contributed by atoms with Crippen molar-refractivity contribution in [1.29, 1.82) is 0 Å². The van der Waals surface area contributed by atoms with Crippen LogP contribution in [0, 0.1) is 5.92 Å². The van der Waals surface area contributed by atoms with Gasteiger partial charge in [-0.2, -0.15) is 0 Å². The lowest BCUT2D eigenvalue weighted by Crippen LogP contribution is -2.34. The van der Waals surface area contributed by atoms with Crippen LogP contribution in [0.4, 0.5) is 5.69 Å². The molecule has 18 heavy (non-hydrogen) atoms. The lowest BCUT2D eigenvalue weighted by molar-refractivity contribution is 0.263. The monoisotopic (exact) mass is 268 g/mol. The highest BCUT2D eigenvalue weighted by atomic mass is 32.2. The Morgan fingerprint density at radius 1 is 1.28 bits per heavy atom. The van der Waals surface area contributed by atoms with Crippen LogP contribution in [0.3, 0.4) is 0 Å². The van der Waals surface area contributed by atoms with Crippen molar-refractivity contribution in [3.63, 3.8) is 0 Å². The van der Waals surface area contributed by atoms with Crippen LogP contribution in [0.15, 0.2) is 29.2 Å². The average Bonchev–Trinajstić information content (AvgIpc) is 2.33. The first-order valence-corrected chi connectivity index (χ1v) is 7.72. The molecule has 0 spiro atoms. The van der Waals surface area contributed by atoms with Gasteiger partial charge in [0.25, 0.3) is 0 Å². The second kappa shape index (κ2) is 5.28. The maximum absolute atomic E-state index is 12.3. The van der Waals surface area contributed by atoms with Gasteiger partial charge in [-0.05, 0) is 43.0 Å². The van der Waals surface area contributed by atoms with Crippen LogP contribution in [0.5, 0.6) is 0 Å². The fourth-order valence-corrected chi connectivity index (χ4v) is 3.36. The van der Waals surface area contributed by atoms with Crippen molar-refractivity contribution < 1.29 is 8.42 Å². The molecule has 1 saturated carbocycles. The third-order valence-corrected chi connectivity index (χ3v) is 5.43. The lowest BCUT2D eigenvalue weighted by Gasteiger charge is -2.29.